The molecule has 0 unspecified atom stereocenters. The number of aromatic nitrogens is 2. The Morgan fingerprint density at radius 2 is 2.00 bits per heavy atom. The van der Waals surface area contributed by atoms with Crippen molar-refractivity contribution in [3.63, 3.8) is 0 Å². The van der Waals surface area contributed by atoms with Crippen LogP contribution in [0.2, 0.25) is 0 Å². The van der Waals surface area contributed by atoms with Gasteiger partial charge in [0.25, 0.3) is 5.91 Å². The number of carbonyl (C=O) groups excluding carboxylic acids is 1. The monoisotopic (exact) mass is 256 g/mol. The van der Waals surface area contributed by atoms with Crippen molar-refractivity contribution >= 4 is 17.3 Å². The van der Waals surface area contributed by atoms with Crippen molar-refractivity contribution < 1.29 is 4.79 Å². The van der Waals surface area contributed by atoms with Crippen LogP contribution in [-0.2, 0) is 0 Å². The molecule has 19 heavy (non-hydrogen) atoms. The number of anilines is 2. The molecule has 2 heterocycles. The van der Waals surface area contributed by atoms with E-state index in [4.69, 9.17) is 0 Å². The third kappa shape index (κ3) is 2.70. The van der Waals surface area contributed by atoms with Gasteiger partial charge >= 0.3 is 0 Å². The van der Waals surface area contributed by atoms with Crippen molar-refractivity contribution in [2.45, 2.75) is 6.92 Å². The molecule has 2 aromatic heterocycles. The number of rotatable bonds is 3. The summed E-state index contributed by atoms with van der Waals surface area (Å²) in [5.74, 6) is -0.108. The SMILES string of the molecule is CNc1cc(C)ncc1C(=O)N(C)c1ccncc1. The Kier molecular flexibility index (Phi) is 3.75. The number of nitrogens with one attached hydrogen (secondary N) is 1. The van der Waals surface area contributed by atoms with Crippen molar-refractivity contribution in [2.24, 2.45) is 0 Å². The zero-order valence-electron chi connectivity index (χ0n) is 11.2. The Balaban J connectivity index is 2.34. The second kappa shape index (κ2) is 5.48. The highest BCUT2D eigenvalue weighted by molar-refractivity contribution is 6.09. The fourth-order valence-electron chi connectivity index (χ4n) is 1.80. The molecule has 2 aromatic rings. The third-order valence-corrected chi connectivity index (χ3v) is 2.90. The Morgan fingerprint density at radius 3 is 2.63 bits per heavy atom. The van der Waals surface area contributed by atoms with E-state index in [2.05, 4.69) is 15.3 Å². The number of hydrogen-bond acceptors (Lipinski definition) is 4. The van der Waals surface area contributed by atoms with Crippen LogP contribution < -0.4 is 10.2 Å². The van der Waals surface area contributed by atoms with Gasteiger partial charge in [0, 0.05) is 44.1 Å². The van der Waals surface area contributed by atoms with Gasteiger partial charge in [0.1, 0.15) is 0 Å². The highest BCUT2D eigenvalue weighted by Gasteiger charge is 2.17. The van der Waals surface area contributed by atoms with Gasteiger partial charge in [0.05, 0.1) is 11.3 Å². The smallest absolute Gasteiger partial charge is 0.261 e. The second-order valence-corrected chi connectivity index (χ2v) is 4.19. The quantitative estimate of drug-likeness (QED) is 0.913. The zero-order valence-corrected chi connectivity index (χ0v) is 11.2. The summed E-state index contributed by atoms with van der Waals surface area (Å²) in [7, 11) is 3.52. The van der Waals surface area contributed by atoms with Crippen LogP contribution in [0, 0.1) is 6.92 Å². The minimum absolute atomic E-state index is 0.108. The maximum absolute atomic E-state index is 12.5. The topological polar surface area (TPSA) is 58.1 Å². The van der Waals surface area contributed by atoms with Crippen molar-refractivity contribution in [1.29, 1.82) is 0 Å². The summed E-state index contributed by atoms with van der Waals surface area (Å²) in [6.07, 6.45) is 4.91. The van der Waals surface area contributed by atoms with E-state index in [1.54, 1.807) is 49.7 Å². The number of aryl methyl sites for hydroxylation is 1. The minimum atomic E-state index is -0.108. The molecular formula is C14H16N4O. The van der Waals surface area contributed by atoms with E-state index in [-0.39, 0.29) is 5.91 Å². The molecule has 0 atom stereocenters. The number of pyridine rings is 2. The first kappa shape index (κ1) is 13.0. The number of hydrogen-bond donors (Lipinski definition) is 1. The third-order valence-electron chi connectivity index (χ3n) is 2.90. The lowest BCUT2D eigenvalue weighted by Gasteiger charge is -2.18. The van der Waals surface area contributed by atoms with Gasteiger partial charge in [0.15, 0.2) is 0 Å². The number of nitrogens with zero attached hydrogens (tertiary/aromatic N) is 3. The molecule has 0 aromatic carbocycles. The average molecular weight is 256 g/mol. The van der Waals surface area contributed by atoms with Crippen LogP contribution >= 0.6 is 0 Å². The molecule has 0 saturated heterocycles. The first-order valence-electron chi connectivity index (χ1n) is 5.96. The lowest BCUT2D eigenvalue weighted by Crippen LogP contribution is -2.27. The summed E-state index contributed by atoms with van der Waals surface area (Å²) in [4.78, 5) is 22.2. The summed E-state index contributed by atoms with van der Waals surface area (Å²) in [6, 6.07) is 5.44. The van der Waals surface area contributed by atoms with Crippen LogP contribution in [0.1, 0.15) is 16.1 Å². The summed E-state index contributed by atoms with van der Waals surface area (Å²) >= 11 is 0. The summed E-state index contributed by atoms with van der Waals surface area (Å²) < 4.78 is 0. The van der Waals surface area contributed by atoms with Gasteiger partial charge in [-0.1, -0.05) is 0 Å². The predicted octanol–water partition coefficient (Wildman–Crippen LogP) is 2.10. The first-order valence-corrected chi connectivity index (χ1v) is 5.96. The molecule has 0 saturated carbocycles. The fourth-order valence-corrected chi connectivity index (χ4v) is 1.80. The van der Waals surface area contributed by atoms with E-state index in [9.17, 15) is 4.79 Å². The molecule has 1 N–H and O–H groups in total. The average Bonchev–Trinajstić information content (AvgIpc) is 2.46. The van der Waals surface area contributed by atoms with Crippen LogP contribution in [0.5, 0.6) is 0 Å². The molecule has 0 aliphatic rings. The number of carbonyl (C=O) groups is 1. The lowest BCUT2D eigenvalue weighted by atomic mass is 10.2. The lowest BCUT2D eigenvalue weighted by molar-refractivity contribution is 0.0993. The molecule has 2 rings (SSSR count). The van der Waals surface area contributed by atoms with Crippen LogP contribution in [-0.4, -0.2) is 30.0 Å². The fraction of sp³-hybridized carbons (Fsp3) is 0.214. The maximum Gasteiger partial charge on any atom is 0.261 e. The predicted molar refractivity (Wildman–Crippen MR) is 75.5 cm³/mol. The van der Waals surface area contributed by atoms with Gasteiger partial charge in [-0.05, 0) is 25.1 Å². The largest absolute Gasteiger partial charge is 0.387 e. The van der Waals surface area contributed by atoms with E-state index in [0.29, 0.717) is 5.56 Å². The minimum Gasteiger partial charge on any atom is -0.387 e. The summed E-state index contributed by atoms with van der Waals surface area (Å²) in [5, 5.41) is 3.02. The van der Waals surface area contributed by atoms with Gasteiger partial charge < -0.3 is 10.2 Å². The molecule has 5 nitrogen and oxygen atoms in total. The van der Waals surface area contributed by atoms with Gasteiger partial charge in [0.2, 0.25) is 0 Å². The van der Waals surface area contributed by atoms with E-state index < -0.39 is 0 Å². The Bertz CT molecular complexity index is 583. The van der Waals surface area contributed by atoms with E-state index in [0.717, 1.165) is 17.1 Å². The molecule has 0 bridgehead atoms. The molecule has 0 spiro atoms. The Hall–Kier alpha value is -2.43. The Labute approximate surface area is 112 Å². The normalized spacial score (nSPS) is 10.1. The van der Waals surface area contributed by atoms with Crippen molar-refractivity contribution in [1.82, 2.24) is 9.97 Å². The van der Waals surface area contributed by atoms with Crippen LogP contribution in [0.15, 0.2) is 36.8 Å². The molecule has 5 heteroatoms. The van der Waals surface area contributed by atoms with Gasteiger partial charge in [-0.2, -0.15) is 0 Å². The standard InChI is InChI=1S/C14H16N4O/c1-10-8-13(15-2)12(9-17-10)14(19)18(3)11-4-6-16-7-5-11/h4-9H,1-3H3,(H,15,17). The van der Waals surface area contributed by atoms with E-state index in [1.165, 1.54) is 0 Å². The molecule has 1 amide bonds. The van der Waals surface area contributed by atoms with E-state index in [1.807, 2.05) is 13.0 Å². The van der Waals surface area contributed by atoms with Crippen molar-refractivity contribution in [2.75, 3.05) is 24.3 Å². The van der Waals surface area contributed by atoms with Crippen molar-refractivity contribution in [3.8, 4) is 0 Å². The van der Waals surface area contributed by atoms with Crippen molar-refractivity contribution in [3.05, 3.63) is 48.0 Å². The van der Waals surface area contributed by atoms with Crippen LogP contribution in [0.25, 0.3) is 0 Å². The molecule has 0 radical (unpaired) electrons. The van der Waals surface area contributed by atoms with E-state index >= 15 is 0 Å². The maximum atomic E-state index is 12.5. The van der Waals surface area contributed by atoms with Gasteiger partial charge in [-0.15, -0.1) is 0 Å². The molecule has 98 valence electrons. The van der Waals surface area contributed by atoms with Crippen LogP contribution in [0.4, 0.5) is 11.4 Å². The Morgan fingerprint density at radius 1 is 1.32 bits per heavy atom. The molecular weight excluding hydrogens is 240 g/mol. The van der Waals surface area contributed by atoms with Gasteiger partial charge in [-0.25, -0.2) is 0 Å². The highest BCUT2D eigenvalue weighted by atomic mass is 16.2. The van der Waals surface area contributed by atoms with Crippen LogP contribution in [0.3, 0.4) is 0 Å². The molecule has 0 aliphatic carbocycles. The highest BCUT2D eigenvalue weighted by Crippen LogP contribution is 2.20. The second-order valence-electron chi connectivity index (χ2n) is 4.19. The van der Waals surface area contributed by atoms with Gasteiger partial charge in [-0.3, -0.25) is 14.8 Å². The summed E-state index contributed by atoms with van der Waals surface area (Å²) in [5.41, 5.74) is 2.99. The first-order chi connectivity index (χ1) is 9.13. The zero-order chi connectivity index (χ0) is 13.8. The summed E-state index contributed by atoms with van der Waals surface area (Å²) in [6.45, 7) is 1.89. The molecule has 0 fully saturated rings. The number of amides is 1. The molecule has 0 aliphatic heterocycles.